The number of esters is 1. The van der Waals surface area contributed by atoms with E-state index in [-0.39, 0.29) is 35.8 Å². The van der Waals surface area contributed by atoms with Crippen LogP contribution < -0.4 is 10.9 Å². The topological polar surface area (TPSA) is 135 Å². The van der Waals surface area contributed by atoms with E-state index in [0.717, 1.165) is 99.7 Å². The van der Waals surface area contributed by atoms with Crippen molar-refractivity contribution in [2.24, 2.45) is 5.92 Å². The number of nitrogens with zero attached hydrogens (tertiary/aromatic N) is 2. The van der Waals surface area contributed by atoms with E-state index in [1.54, 1.807) is 12.1 Å². The number of ether oxygens (including phenoxy) is 1. The first-order valence-electron chi connectivity index (χ1n) is 19.9. The summed E-state index contributed by atoms with van der Waals surface area (Å²) in [6, 6.07) is 20.7. The number of unbranched alkanes of at least 4 members (excludes halogenated alkanes) is 1. The summed E-state index contributed by atoms with van der Waals surface area (Å²) in [6.07, 6.45) is 9.16. The van der Waals surface area contributed by atoms with Gasteiger partial charge in [-0.1, -0.05) is 61.7 Å². The number of aliphatic hydroxyl groups excluding tert-OH is 1. The zero-order valence-corrected chi connectivity index (χ0v) is 31.0. The van der Waals surface area contributed by atoms with Gasteiger partial charge in [-0.05, 0) is 110 Å². The number of H-pyrrole nitrogens is 1. The Morgan fingerprint density at radius 2 is 1.80 bits per heavy atom. The highest BCUT2D eigenvalue weighted by Gasteiger charge is 2.46. The predicted molar refractivity (Wildman–Crippen MR) is 207 cm³/mol. The minimum absolute atomic E-state index is 0.0101. The third-order valence-electron chi connectivity index (χ3n) is 12.6. The van der Waals surface area contributed by atoms with E-state index < -0.39 is 11.5 Å². The van der Waals surface area contributed by atoms with Crippen LogP contribution in [0.4, 0.5) is 0 Å². The molecule has 0 radical (unpaired) electrons. The monoisotopic (exact) mass is 732 g/mol. The third kappa shape index (κ3) is 7.44. The number of pyridine rings is 1. The maximum absolute atomic E-state index is 14.0. The Morgan fingerprint density at radius 1 is 0.963 bits per heavy atom. The van der Waals surface area contributed by atoms with Gasteiger partial charge in [-0.3, -0.25) is 19.3 Å². The lowest BCUT2D eigenvalue weighted by molar-refractivity contribution is -0.167. The van der Waals surface area contributed by atoms with Gasteiger partial charge in [-0.2, -0.15) is 0 Å². The van der Waals surface area contributed by atoms with Gasteiger partial charge in [0.15, 0.2) is 0 Å². The van der Waals surface area contributed by atoms with Crippen molar-refractivity contribution in [1.29, 1.82) is 0 Å². The number of nitrogens with one attached hydrogen (secondary N) is 2. The largest absolute Gasteiger partial charge is 0.506 e. The van der Waals surface area contributed by atoms with Crippen LogP contribution >= 0.6 is 0 Å². The number of fused-ring (bicyclic) bond motifs is 5. The van der Waals surface area contributed by atoms with Crippen LogP contribution in [0.25, 0.3) is 10.9 Å². The maximum Gasteiger partial charge on any atom is 0.316 e. The molecule has 1 amide bonds. The van der Waals surface area contributed by atoms with Crippen LogP contribution in [0.1, 0.15) is 102 Å². The molecule has 10 heteroatoms. The molecule has 4 aromatic rings. The second-order valence-electron chi connectivity index (χ2n) is 16.0. The van der Waals surface area contributed by atoms with Gasteiger partial charge in [-0.15, -0.1) is 0 Å². The molecular weight excluding hydrogens is 681 g/mol. The van der Waals surface area contributed by atoms with E-state index in [0.29, 0.717) is 42.0 Å². The summed E-state index contributed by atoms with van der Waals surface area (Å²) in [4.78, 5) is 46.1. The minimum atomic E-state index is -0.849. The van der Waals surface area contributed by atoms with Crippen molar-refractivity contribution in [3.63, 3.8) is 0 Å². The van der Waals surface area contributed by atoms with E-state index >= 15 is 0 Å². The van der Waals surface area contributed by atoms with Gasteiger partial charge in [0.2, 0.25) is 5.56 Å². The number of aromatic hydroxyl groups is 1. The minimum Gasteiger partial charge on any atom is -0.506 e. The molecule has 0 spiro atoms. The Kier molecular flexibility index (Phi) is 10.6. The normalized spacial score (nSPS) is 22.4. The molecule has 1 aromatic heterocycles. The first-order chi connectivity index (χ1) is 26.3. The summed E-state index contributed by atoms with van der Waals surface area (Å²) in [5, 5.41) is 25.0. The van der Waals surface area contributed by atoms with E-state index in [2.05, 4.69) is 45.5 Å². The van der Waals surface area contributed by atoms with Crippen molar-refractivity contribution < 1.29 is 24.5 Å². The lowest BCUT2D eigenvalue weighted by atomic mass is 9.69. The van der Waals surface area contributed by atoms with Crippen molar-refractivity contribution in [3.05, 3.63) is 110 Å². The molecule has 4 fully saturated rings. The number of aliphatic hydroxyl groups is 1. The zero-order chi connectivity index (χ0) is 37.2. The van der Waals surface area contributed by atoms with E-state index in [4.69, 9.17) is 4.74 Å². The maximum atomic E-state index is 14.0. The number of piperidine rings is 3. The van der Waals surface area contributed by atoms with E-state index in [9.17, 15) is 24.6 Å². The fraction of sp³-hybridized carbons (Fsp3) is 0.477. The molecule has 4 aliphatic heterocycles. The van der Waals surface area contributed by atoms with Gasteiger partial charge in [0.1, 0.15) is 11.9 Å². The van der Waals surface area contributed by atoms with Crippen LogP contribution in [-0.4, -0.2) is 75.7 Å². The average molecular weight is 733 g/mol. The Labute approximate surface area is 316 Å². The smallest absolute Gasteiger partial charge is 0.316 e. The second kappa shape index (κ2) is 15.7. The number of aromatic amines is 1. The first-order valence-corrected chi connectivity index (χ1v) is 19.9. The van der Waals surface area contributed by atoms with Gasteiger partial charge in [0.05, 0.1) is 17.0 Å². The molecule has 4 N–H and O–H groups in total. The molecule has 5 aliphatic rings. The number of aryl methyl sites for hydroxylation is 1. The van der Waals surface area contributed by atoms with Crippen LogP contribution in [0.5, 0.6) is 5.75 Å². The molecule has 10 nitrogen and oxygen atoms in total. The van der Waals surface area contributed by atoms with Crippen molar-refractivity contribution in [1.82, 2.24) is 20.1 Å². The molecule has 3 saturated heterocycles. The third-order valence-corrected chi connectivity index (χ3v) is 12.6. The summed E-state index contributed by atoms with van der Waals surface area (Å²) in [7, 11) is 0. The molecule has 3 aromatic carbocycles. The van der Waals surface area contributed by atoms with Gasteiger partial charge in [-0.25, -0.2) is 0 Å². The summed E-state index contributed by atoms with van der Waals surface area (Å²) in [5.41, 5.74) is 5.19. The molecule has 5 heterocycles. The highest BCUT2D eigenvalue weighted by Crippen LogP contribution is 2.42. The molecule has 284 valence electrons. The Hall–Kier alpha value is -4.51. The van der Waals surface area contributed by atoms with Crippen LogP contribution in [0.2, 0.25) is 0 Å². The number of phenols is 1. The number of hydrogen-bond donors (Lipinski definition) is 4. The zero-order valence-electron chi connectivity index (χ0n) is 31.0. The van der Waals surface area contributed by atoms with Crippen LogP contribution in [-0.2, 0) is 34.5 Å². The fourth-order valence-electron chi connectivity index (χ4n) is 9.45. The van der Waals surface area contributed by atoms with Crippen LogP contribution in [0.15, 0.2) is 71.5 Å². The number of hydrogen-bond acceptors (Lipinski definition) is 8. The molecule has 9 rings (SSSR count). The van der Waals surface area contributed by atoms with Crippen LogP contribution in [0, 0.1) is 5.92 Å². The molecule has 1 aliphatic carbocycles. The Bertz CT molecular complexity index is 2060. The number of phenolic OH excluding ortho intramolecular Hbond substituents is 1. The van der Waals surface area contributed by atoms with E-state index in [1.807, 2.05) is 17.0 Å². The van der Waals surface area contributed by atoms with Gasteiger partial charge >= 0.3 is 5.97 Å². The van der Waals surface area contributed by atoms with Crippen LogP contribution in [0.3, 0.4) is 0 Å². The van der Waals surface area contributed by atoms with Gasteiger partial charge in [0, 0.05) is 49.7 Å². The number of amides is 1. The predicted octanol–water partition coefficient (Wildman–Crippen LogP) is 5.87. The standard InChI is InChI=1S/C44H52N4O6/c49-37-14-12-35(36-13-15-40(51)46-41(36)37)38(50)26-45-25-30-10-11-34-32(23-30)27-48(42(34)52)20-5-2-7-29-8-6-9-33(24-29)44(18-3-1-4-19-44)43(53)54-39-28-47-21-16-31(39)17-22-47/h6,8-15,23-24,31,38-39,45,49-50H,1-5,7,16-22,25-28H2,(H,46,51)/t38-,39+/m1/s1. The highest BCUT2D eigenvalue weighted by molar-refractivity contribution is 5.98. The molecule has 2 bridgehead atoms. The summed E-state index contributed by atoms with van der Waals surface area (Å²) in [6.45, 7) is 5.21. The van der Waals surface area contributed by atoms with Gasteiger partial charge in [0.25, 0.3) is 5.91 Å². The fourth-order valence-corrected chi connectivity index (χ4v) is 9.45. The van der Waals surface area contributed by atoms with Crippen molar-refractivity contribution >= 4 is 22.8 Å². The quantitative estimate of drug-likeness (QED) is 0.0991. The molecule has 1 saturated carbocycles. The van der Waals surface area contributed by atoms with E-state index in [1.165, 1.54) is 24.1 Å². The number of rotatable bonds is 13. The first kappa shape index (κ1) is 36.5. The highest BCUT2D eigenvalue weighted by atomic mass is 16.5. The van der Waals surface area contributed by atoms with Gasteiger partial charge < -0.3 is 30.2 Å². The summed E-state index contributed by atoms with van der Waals surface area (Å²) < 4.78 is 6.38. The van der Waals surface area contributed by atoms with Crippen molar-refractivity contribution in [2.45, 2.75) is 94.9 Å². The summed E-state index contributed by atoms with van der Waals surface area (Å²) >= 11 is 0. The number of aromatic nitrogens is 1. The lowest BCUT2D eigenvalue weighted by Gasteiger charge is -2.45. The Balaban J connectivity index is 0.829. The molecule has 2 atom stereocenters. The van der Waals surface area contributed by atoms with Crippen molar-refractivity contribution in [3.8, 4) is 5.75 Å². The number of carbonyl (C=O) groups is 2. The summed E-state index contributed by atoms with van der Waals surface area (Å²) in [5.74, 6) is 0.520. The van der Waals surface area contributed by atoms with Crippen molar-refractivity contribution in [2.75, 3.05) is 32.7 Å². The Morgan fingerprint density at radius 3 is 2.59 bits per heavy atom. The molecule has 0 unspecified atom stereocenters. The number of benzene rings is 3. The molecular formula is C44H52N4O6. The average Bonchev–Trinajstić information content (AvgIpc) is 3.51. The molecule has 54 heavy (non-hydrogen) atoms. The SMILES string of the molecule is O=C1c2ccc(CNC[C@@H](O)c3ccc(O)c4[nH]c(=O)ccc34)cc2CN1CCCCc1cccc(C2(C(=O)O[C@H]3CN4CCC3CC4)CCCCC2)c1. The number of carbonyl (C=O) groups excluding carboxylic acids is 2. The lowest BCUT2D eigenvalue weighted by Crippen LogP contribution is -2.53. The second-order valence-corrected chi connectivity index (χ2v) is 16.0.